The van der Waals surface area contributed by atoms with E-state index >= 15 is 0 Å². The van der Waals surface area contributed by atoms with Crippen molar-refractivity contribution in [3.8, 4) is 11.5 Å². The van der Waals surface area contributed by atoms with Crippen molar-refractivity contribution in [2.75, 3.05) is 0 Å². The molecule has 0 aromatic carbocycles. The maximum Gasteiger partial charge on any atom is 0.129 e. The molecule has 1 N–H and O–H groups in total. The fraction of sp³-hybridized carbons (Fsp3) is 0.889. The van der Waals surface area contributed by atoms with Crippen molar-refractivity contribution in [3.63, 3.8) is 0 Å². The van der Waals surface area contributed by atoms with Crippen LogP contribution >= 0.6 is 0 Å². The molecule has 0 heterocycles. The minimum atomic E-state index is -1.44. The molecule has 4 heteroatoms. The van der Waals surface area contributed by atoms with Crippen molar-refractivity contribution in [1.82, 2.24) is 4.72 Å². The predicted molar refractivity (Wildman–Crippen MR) is 102 cm³/mol. The van der Waals surface area contributed by atoms with E-state index in [2.05, 4.69) is 42.8 Å². The normalized spacial score (nSPS) is 21.6. The summed E-state index contributed by atoms with van der Waals surface area (Å²) in [6.07, 6.45) is 7.25. The monoisotopic (exact) mass is 341 g/mol. The Morgan fingerprint density at radius 3 is 2.09 bits per heavy atom. The van der Waals surface area contributed by atoms with Crippen LogP contribution in [-0.4, -0.2) is 22.6 Å². The van der Waals surface area contributed by atoms with E-state index in [1.165, 1.54) is 32.1 Å². The highest BCUT2D eigenvalue weighted by molar-refractivity contribution is 7.84. The summed E-state index contributed by atoms with van der Waals surface area (Å²) in [5, 5.41) is 0. The molecule has 0 radical (unpaired) electrons. The summed E-state index contributed by atoms with van der Waals surface area (Å²) in [7, 11) is -2.52. The van der Waals surface area contributed by atoms with Crippen molar-refractivity contribution in [2.45, 2.75) is 96.1 Å². The fourth-order valence-corrected chi connectivity index (χ4v) is 4.47. The Hall–Kier alpha value is -0.113. The van der Waals surface area contributed by atoms with Crippen LogP contribution in [0.3, 0.4) is 0 Å². The first-order valence-corrected chi connectivity index (χ1v) is 13.4. The summed E-state index contributed by atoms with van der Waals surface area (Å²) in [4.78, 5) is 0. The van der Waals surface area contributed by atoms with E-state index in [0.717, 1.165) is 6.42 Å². The highest BCUT2D eigenvalue weighted by Crippen LogP contribution is 2.35. The molecule has 0 aromatic rings. The molecule has 0 unspecified atom stereocenters. The molecule has 128 valence electrons. The molecule has 0 aromatic heterocycles. The topological polar surface area (TPSA) is 29.1 Å². The molecule has 0 aliphatic heterocycles. The third kappa shape index (κ3) is 5.83. The third-order valence-electron chi connectivity index (χ3n) is 4.35. The number of nitrogens with one attached hydrogen (secondary N) is 1. The Morgan fingerprint density at radius 2 is 1.68 bits per heavy atom. The second-order valence-electron chi connectivity index (χ2n) is 8.64. The van der Waals surface area contributed by atoms with Crippen molar-refractivity contribution in [2.24, 2.45) is 5.92 Å². The maximum atomic E-state index is 12.7. The van der Waals surface area contributed by atoms with E-state index in [0.29, 0.717) is 5.92 Å². The van der Waals surface area contributed by atoms with Crippen LogP contribution < -0.4 is 4.72 Å². The van der Waals surface area contributed by atoms with Crippen LogP contribution in [0.15, 0.2) is 0 Å². The average Bonchev–Trinajstić information content (AvgIpc) is 2.42. The van der Waals surface area contributed by atoms with Gasteiger partial charge in [-0.05, 0) is 46.0 Å². The van der Waals surface area contributed by atoms with Gasteiger partial charge in [0, 0.05) is 0 Å². The second-order valence-corrected chi connectivity index (χ2v) is 15.4. The van der Waals surface area contributed by atoms with Crippen LogP contribution in [0.4, 0.5) is 0 Å². The molecule has 0 amide bonds. The molecule has 1 rings (SSSR count). The summed E-state index contributed by atoms with van der Waals surface area (Å²) in [5.74, 6) is 4.13. The van der Waals surface area contributed by atoms with Gasteiger partial charge in [0.15, 0.2) is 0 Å². The van der Waals surface area contributed by atoms with Gasteiger partial charge in [-0.25, -0.2) is 8.93 Å². The minimum absolute atomic E-state index is 0.254. The summed E-state index contributed by atoms with van der Waals surface area (Å²) in [6, 6.07) is 0. The lowest BCUT2D eigenvalue weighted by molar-refractivity contribution is 0.235. The lowest BCUT2D eigenvalue weighted by Crippen LogP contribution is -2.54. The summed E-state index contributed by atoms with van der Waals surface area (Å²) < 4.78 is 16.0. The average molecular weight is 342 g/mol. The van der Waals surface area contributed by atoms with Gasteiger partial charge in [-0.3, -0.25) is 0 Å². The highest BCUT2D eigenvalue weighted by Gasteiger charge is 2.39. The lowest BCUT2D eigenvalue weighted by atomic mass is 9.74. The molecular formula is C18H35NOSSi. The van der Waals surface area contributed by atoms with Gasteiger partial charge >= 0.3 is 0 Å². The van der Waals surface area contributed by atoms with E-state index in [-0.39, 0.29) is 10.3 Å². The zero-order valence-electron chi connectivity index (χ0n) is 15.6. The first kappa shape index (κ1) is 19.9. The van der Waals surface area contributed by atoms with Gasteiger partial charge in [0.2, 0.25) is 0 Å². The quantitative estimate of drug-likeness (QED) is 0.585. The Labute approximate surface area is 141 Å². The van der Waals surface area contributed by atoms with Gasteiger partial charge in [-0.1, -0.05) is 51.7 Å². The number of hydrogen-bond acceptors (Lipinski definition) is 1. The zero-order valence-corrected chi connectivity index (χ0v) is 17.5. The first-order valence-electron chi connectivity index (χ1n) is 8.74. The Kier molecular flexibility index (Phi) is 6.92. The number of rotatable bonds is 4. The predicted octanol–water partition coefficient (Wildman–Crippen LogP) is 4.65. The van der Waals surface area contributed by atoms with Crippen molar-refractivity contribution in [1.29, 1.82) is 0 Å². The molecule has 1 saturated carbocycles. The van der Waals surface area contributed by atoms with Gasteiger partial charge in [0.05, 0.1) is 21.3 Å². The van der Waals surface area contributed by atoms with Crippen LogP contribution in [0, 0.1) is 17.4 Å². The highest BCUT2D eigenvalue weighted by atomic mass is 32.2. The largest absolute Gasteiger partial charge is 0.242 e. The zero-order chi connectivity index (χ0) is 17.0. The van der Waals surface area contributed by atoms with Gasteiger partial charge in [-0.2, -0.15) is 0 Å². The van der Waals surface area contributed by atoms with Crippen LogP contribution in [0.5, 0.6) is 0 Å². The van der Waals surface area contributed by atoms with Crippen LogP contribution in [0.1, 0.15) is 66.2 Å². The summed E-state index contributed by atoms with van der Waals surface area (Å²) in [5.41, 5.74) is 3.28. The Morgan fingerprint density at radius 1 is 1.14 bits per heavy atom. The molecule has 2 atom stereocenters. The lowest BCUT2D eigenvalue weighted by Gasteiger charge is -2.40. The van der Waals surface area contributed by atoms with E-state index in [1.807, 2.05) is 20.8 Å². The molecule has 0 bridgehead atoms. The van der Waals surface area contributed by atoms with Gasteiger partial charge < -0.3 is 0 Å². The molecule has 1 aliphatic carbocycles. The second kappa shape index (κ2) is 7.64. The smallest absolute Gasteiger partial charge is 0.129 e. The van der Waals surface area contributed by atoms with E-state index in [9.17, 15) is 4.21 Å². The van der Waals surface area contributed by atoms with E-state index in [4.69, 9.17) is 0 Å². The molecule has 1 aliphatic rings. The fourth-order valence-electron chi connectivity index (χ4n) is 2.87. The van der Waals surface area contributed by atoms with Crippen molar-refractivity contribution in [3.05, 3.63) is 0 Å². The first-order chi connectivity index (χ1) is 10.0. The molecule has 0 spiro atoms. The van der Waals surface area contributed by atoms with Crippen LogP contribution in [0.2, 0.25) is 19.6 Å². The molecule has 1 fully saturated rings. The summed E-state index contributed by atoms with van der Waals surface area (Å²) >= 11 is 0. The van der Waals surface area contributed by atoms with Crippen molar-refractivity contribution < 1.29 is 4.21 Å². The molecular weight excluding hydrogens is 306 g/mol. The Bertz CT molecular complexity index is 446. The standard InChI is InChI=1S/C18H35NOSSi/c1-8-18(14-15-22(5,6)7,16-12-10-9-11-13-16)19-21(20)17(2,3)4/h16,19H,8-13H2,1-7H3/t18-,21+/m1/s1. The van der Waals surface area contributed by atoms with Gasteiger partial charge in [0.25, 0.3) is 0 Å². The molecule has 22 heavy (non-hydrogen) atoms. The molecule has 2 nitrogen and oxygen atoms in total. The van der Waals surface area contributed by atoms with Gasteiger partial charge in [-0.15, -0.1) is 5.54 Å². The summed E-state index contributed by atoms with van der Waals surface area (Å²) in [6.45, 7) is 15.1. The van der Waals surface area contributed by atoms with E-state index < -0.39 is 19.1 Å². The van der Waals surface area contributed by atoms with Gasteiger partial charge in [0.1, 0.15) is 8.07 Å². The minimum Gasteiger partial charge on any atom is -0.242 e. The van der Waals surface area contributed by atoms with Crippen LogP contribution in [-0.2, 0) is 11.0 Å². The molecule has 0 saturated heterocycles. The van der Waals surface area contributed by atoms with Crippen molar-refractivity contribution >= 4 is 19.1 Å². The third-order valence-corrected chi connectivity index (χ3v) is 6.89. The van der Waals surface area contributed by atoms with E-state index in [1.54, 1.807) is 0 Å². The van der Waals surface area contributed by atoms with Crippen LogP contribution in [0.25, 0.3) is 0 Å². The number of hydrogen-bond donors (Lipinski definition) is 1. The maximum absolute atomic E-state index is 12.7. The SMILES string of the molecule is CC[C@](C#C[Si](C)(C)C)(N[S@@](=O)C(C)(C)C)C1CCCCC1. The Balaban J connectivity index is 3.15.